The van der Waals surface area contributed by atoms with E-state index >= 15 is 0 Å². The van der Waals surface area contributed by atoms with Crippen LogP contribution in [0, 0.1) is 11.8 Å². The molecule has 3 nitrogen and oxygen atoms in total. The van der Waals surface area contributed by atoms with E-state index in [1.807, 2.05) is 0 Å². The average Bonchev–Trinajstić information content (AvgIpc) is 2.98. The van der Waals surface area contributed by atoms with Crippen molar-refractivity contribution in [1.29, 1.82) is 0 Å². The second-order valence-electron chi connectivity index (χ2n) is 6.40. The van der Waals surface area contributed by atoms with Crippen LogP contribution < -0.4 is 0 Å². The van der Waals surface area contributed by atoms with Gasteiger partial charge < -0.3 is 5.11 Å². The normalized spacial score (nSPS) is 27.7. The number of hydrogen-bond acceptors (Lipinski definition) is 3. The van der Waals surface area contributed by atoms with E-state index in [9.17, 15) is 9.90 Å². The first-order valence-corrected chi connectivity index (χ1v) is 8.88. The van der Waals surface area contributed by atoms with Crippen molar-refractivity contribution in [2.24, 2.45) is 11.8 Å². The zero-order valence-corrected chi connectivity index (χ0v) is 14.1. The number of likely N-dealkylation sites (N-methyl/N-ethyl adjacent to an activating group) is 1. The summed E-state index contributed by atoms with van der Waals surface area (Å²) in [7, 11) is 2.11. The van der Waals surface area contributed by atoms with Crippen LogP contribution >= 0.6 is 11.3 Å². The summed E-state index contributed by atoms with van der Waals surface area (Å²) in [6.07, 6.45) is 5.09. The summed E-state index contributed by atoms with van der Waals surface area (Å²) >= 11 is 1.78. The van der Waals surface area contributed by atoms with Crippen LogP contribution in [0.4, 0.5) is 0 Å². The summed E-state index contributed by atoms with van der Waals surface area (Å²) in [5.41, 5.74) is 0. The van der Waals surface area contributed by atoms with Gasteiger partial charge in [-0.25, -0.2) is 0 Å². The smallest absolute Gasteiger partial charge is 0.308 e. The third-order valence-electron chi connectivity index (χ3n) is 5.11. The monoisotopic (exact) mass is 309 g/mol. The van der Waals surface area contributed by atoms with Crippen molar-refractivity contribution in [2.45, 2.75) is 58.0 Å². The summed E-state index contributed by atoms with van der Waals surface area (Å²) < 4.78 is 0. The molecule has 1 aliphatic rings. The molecule has 0 aliphatic heterocycles. The number of carboxylic acid groups (broad SMARTS) is 1. The Morgan fingerprint density at radius 3 is 2.86 bits per heavy atom. The second kappa shape index (κ2) is 7.41. The van der Waals surface area contributed by atoms with Gasteiger partial charge in [0.25, 0.3) is 0 Å². The van der Waals surface area contributed by atoms with E-state index in [0.717, 1.165) is 32.1 Å². The van der Waals surface area contributed by atoms with Crippen molar-refractivity contribution in [3.63, 3.8) is 0 Å². The van der Waals surface area contributed by atoms with Gasteiger partial charge in [-0.3, -0.25) is 9.69 Å². The molecule has 1 saturated carbocycles. The molecule has 0 saturated heterocycles. The zero-order chi connectivity index (χ0) is 15.4. The number of carboxylic acids is 1. The van der Waals surface area contributed by atoms with E-state index in [1.165, 1.54) is 4.88 Å². The zero-order valence-electron chi connectivity index (χ0n) is 13.3. The fraction of sp³-hybridized carbons (Fsp3) is 0.706. The van der Waals surface area contributed by atoms with Crippen LogP contribution in [0.1, 0.15) is 44.4 Å². The molecule has 0 bridgehead atoms. The SMILES string of the molecule is CCC1CCC(C(=O)O)C(N(C)C(C)Cc2cccs2)C1. The van der Waals surface area contributed by atoms with Crippen LogP contribution in [0.25, 0.3) is 0 Å². The first-order chi connectivity index (χ1) is 10.0. The van der Waals surface area contributed by atoms with Gasteiger partial charge in [0.2, 0.25) is 0 Å². The Labute approximate surface area is 132 Å². The van der Waals surface area contributed by atoms with E-state index in [1.54, 1.807) is 11.3 Å². The number of thiophene rings is 1. The highest BCUT2D eigenvalue weighted by Crippen LogP contribution is 2.35. The summed E-state index contributed by atoms with van der Waals surface area (Å²) in [5.74, 6) is -0.143. The van der Waals surface area contributed by atoms with E-state index in [4.69, 9.17) is 0 Å². The summed E-state index contributed by atoms with van der Waals surface area (Å²) in [4.78, 5) is 15.3. The Balaban J connectivity index is 2.05. The third-order valence-corrected chi connectivity index (χ3v) is 6.01. The lowest BCUT2D eigenvalue weighted by Crippen LogP contribution is -2.49. The first-order valence-electron chi connectivity index (χ1n) is 8.00. The van der Waals surface area contributed by atoms with Gasteiger partial charge in [-0.1, -0.05) is 19.4 Å². The molecule has 21 heavy (non-hydrogen) atoms. The minimum atomic E-state index is -0.621. The van der Waals surface area contributed by atoms with Crippen molar-refractivity contribution in [3.8, 4) is 0 Å². The van der Waals surface area contributed by atoms with Crippen LogP contribution in [0.15, 0.2) is 17.5 Å². The van der Waals surface area contributed by atoms with Gasteiger partial charge in [0.1, 0.15) is 0 Å². The molecule has 0 radical (unpaired) electrons. The molecule has 4 unspecified atom stereocenters. The van der Waals surface area contributed by atoms with Crippen LogP contribution in [0.3, 0.4) is 0 Å². The minimum absolute atomic E-state index is 0.177. The van der Waals surface area contributed by atoms with Crippen LogP contribution in [-0.2, 0) is 11.2 Å². The van der Waals surface area contributed by atoms with Gasteiger partial charge in [0, 0.05) is 17.0 Å². The molecular formula is C17H27NO2S. The Bertz CT molecular complexity index is 446. The van der Waals surface area contributed by atoms with Gasteiger partial charge in [0.05, 0.1) is 5.92 Å². The maximum Gasteiger partial charge on any atom is 0.308 e. The van der Waals surface area contributed by atoms with Crippen molar-refractivity contribution in [1.82, 2.24) is 4.90 Å². The summed E-state index contributed by atoms with van der Waals surface area (Å²) in [6.45, 7) is 4.44. The molecule has 1 fully saturated rings. The molecule has 1 aromatic heterocycles. The van der Waals surface area contributed by atoms with Gasteiger partial charge in [-0.2, -0.15) is 0 Å². The molecule has 2 rings (SSSR count). The van der Waals surface area contributed by atoms with E-state index < -0.39 is 5.97 Å². The van der Waals surface area contributed by atoms with E-state index in [-0.39, 0.29) is 12.0 Å². The van der Waals surface area contributed by atoms with Gasteiger partial charge >= 0.3 is 5.97 Å². The Morgan fingerprint density at radius 1 is 1.52 bits per heavy atom. The predicted molar refractivity (Wildman–Crippen MR) is 87.8 cm³/mol. The Morgan fingerprint density at radius 2 is 2.29 bits per heavy atom. The van der Waals surface area contributed by atoms with Gasteiger partial charge in [-0.05, 0) is 57.0 Å². The quantitative estimate of drug-likeness (QED) is 0.866. The highest BCUT2D eigenvalue weighted by atomic mass is 32.1. The molecule has 4 atom stereocenters. The molecule has 1 aromatic rings. The lowest BCUT2D eigenvalue weighted by atomic mass is 9.76. The lowest BCUT2D eigenvalue weighted by Gasteiger charge is -2.41. The number of nitrogens with zero attached hydrogens (tertiary/aromatic N) is 1. The fourth-order valence-electron chi connectivity index (χ4n) is 3.53. The maximum atomic E-state index is 11.6. The van der Waals surface area contributed by atoms with Crippen LogP contribution in [0.2, 0.25) is 0 Å². The molecule has 0 amide bonds. The van der Waals surface area contributed by atoms with Crippen LogP contribution in [-0.4, -0.2) is 35.1 Å². The van der Waals surface area contributed by atoms with E-state index in [0.29, 0.717) is 12.0 Å². The number of carbonyl (C=O) groups is 1. The summed E-state index contributed by atoms with van der Waals surface area (Å²) in [6, 6.07) is 4.81. The number of hydrogen-bond donors (Lipinski definition) is 1. The summed E-state index contributed by atoms with van der Waals surface area (Å²) in [5, 5.41) is 11.6. The maximum absolute atomic E-state index is 11.6. The topological polar surface area (TPSA) is 40.5 Å². The van der Waals surface area contributed by atoms with Crippen molar-refractivity contribution >= 4 is 17.3 Å². The average molecular weight is 309 g/mol. The Hall–Kier alpha value is -0.870. The molecular weight excluding hydrogens is 282 g/mol. The third kappa shape index (κ3) is 4.07. The van der Waals surface area contributed by atoms with Gasteiger partial charge in [-0.15, -0.1) is 11.3 Å². The first kappa shape index (κ1) is 16.5. The number of aliphatic carboxylic acids is 1. The molecule has 1 N–H and O–H groups in total. The molecule has 0 spiro atoms. The van der Waals surface area contributed by atoms with Crippen molar-refractivity contribution < 1.29 is 9.90 Å². The molecule has 4 heteroatoms. The van der Waals surface area contributed by atoms with Crippen molar-refractivity contribution in [3.05, 3.63) is 22.4 Å². The second-order valence-corrected chi connectivity index (χ2v) is 7.43. The lowest BCUT2D eigenvalue weighted by molar-refractivity contribution is -0.146. The standard InChI is InChI=1S/C17H27NO2S/c1-4-13-7-8-15(17(19)20)16(11-13)18(3)12(2)10-14-6-5-9-21-14/h5-6,9,12-13,15-16H,4,7-8,10-11H2,1-3H3,(H,19,20). The highest BCUT2D eigenvalue weighted by molar-refractivity contribution is 7.09. The molecule has 118 valence electrons. The molecule has 0 aromatic carbocycles. The number of rotatable bonds is 6. The molecule has 1 aliphatic carbocycles. The largest absolute Gasteiger partial charge is 0.481 e. The van der Waals surface area contributed by atoms with Crippen molar-refractivity contribution in [2.75, 3.05) is 7.05 Å². The Kier molecular flexibility index (Phi) is 5.82. The molecule has 1 heterocycles. The predicted octanol–water partition coefficient (Wildman–Crippen LogP) is 3.89. The highest BCUT2D eigenvalue weighted by Gasteiger charge is 2.37. The fourth-order valence-corrected chi connectivity index (χ4v) is 4.36. The van der Waals surface area contributed by atoms with Crippen LogP contribution in [0.5, 0.6) is 0 Å². The minimum Gasteiger partial charge on any atom is -0.481 e. The van der Waals surface area contributed by atoms with Gasteiger partial charge in [0.15, 0.2) is 0 Å². The van der Waals surface area contributed by atoms with E-state index in [2.05, 4.69) is 43.3 Å².